The zero-order valence-electron chi connectivity index (χ0n) is 7.77. The van der Waals surface area contributed by atoms with E-state index in [1.807, 2.05) is 18.2 Å². The van der Waals surface area contributed by atoms with Gasteiger partial charge in [0.05, 0.1) is 11.0 Å². The standard InChI is InChI=1S/C9H9N5O/c10-9(11)14-8(15)7-12-5-3-1-2-4-6(5)13-7/h1-4H,(H,12,13)(H4,10,11,14,15). The first kappa shape index (κ1) is 9.20. The van der Waals surface area contributed by atoms with Crippen LogP contribution in [0.25, 0.3) is 11.0 Å². The van der Waals surface area contributed by atoms with Crippen LogP contribution >= 0.6 is 0 Å². The van der Waals surface area contributed by atoms with Crippen LogP contribution in [0.4, 0.5) is 0 Å². The van der Waals surface area contributed by atoms with E-state index >= 15 is 0 Å². The van der Waals surface area contributed by atoms with Crippen molar-refractivity contribution >= 4 is 22.9 Å². The predicted molar refractivity (Wildman–Crippen MR) is 56.2 cm³/mol. The minimum atomic E-state index is -0.578. The lowest BCUT2D eigenvalue weighted by Crippen LogP contribution is -2.24. The molecule has 2 rings (SSSR count). The normalized spacial score (nSPS) is 10.1. The molecule has 76 valence electrons. The summed E-state index contributed by atoms with van der Waals surface area (Å²) in [4.78, 5) is 21.6. The van der Waals surface area contributed by atoms with E-state index in [4.69, 9.17) is 11.5 Å². The van der Waals surface area contributed by atoms with Gasteiger partial charge in [-0.25, -0.2) is 4.98 Å². The molecule has 1 amide bonds. The maximum atomic E-state index is 11.4. The molecule has 6 heteroatoms. The van der Waals surface area contributed by atoms with Gasteiger partial charge in [-0.3, -0.25) is 4.79 Å². The van der Waals surface area contributed by atoms with Gasteiger partial charge >= 0.3 is 5.91 Å². The Kier molecular flexibility index (Phi) is 2.09. The molecule has 6 nitrogen and oxygen atoms in total. The summed E-state index contributed by atoms with van der Waals surface area (Å²) in [5.41, 5.74) is 11.7. The second-order valence-electron chi connectivity index (χ2n) is 2.94. The van der Waals surface area contributed by atoms with Crippen LogP contribution in [0.5, 0.6) is 0 Å². The molecule has 0 saturated carbocycles. The minimum absolute atomic E-state index is 0.129. The van der Waals surface area contributed by atoms with Crippen molar-refractivity contribution in [2.24, 2.45) is 16.5 Å². The van der Waals surface area contributed by atoms with Gasteiger partial charge in [-0.15, -0.1) is 0 Å². The smallest absolute Gasteiger partial charge is 0.315 e. The number of fused-ring (bicyclic) bond motifs is 1. The van der Waals surface area contributed by atoms with E-state index < -0.39 is 5.91 Å². The summed E-state index contributed by atoms with van der Waals surface area (Å²) >= 11 is 0. The van der Waals surface area contributed by atoms with E-state index in [9.17, 15) is 4.79 Å². The van der Waals surface area contributed by atoms with E-state index in [-0.39, 0.29) is 11.8 Å². The molecule has 0 unspecified atom stereocenters. The van der Waals surface area contributed by atoms with E-state index in [0.29, 0.717) is 5.52 Å². The van der Waals surface area contributed by atoms with Gasteiger partial charge in [0, 0.05) is 0 Å². The lowest BCUT2D eigenvalue weighted by molar-refractivity contribution is 0.0994. The third kappa shape index (κ3) is 1.78. The monoisotopic (exact) mass is 203 g/mol. The summed E-state index contributed by atoms with van der Waals surface area (Å²) in [5, 5.41) is 0. The first-order valence-electron chi connectivity index (χ1n) is 4.25. The van der Waals surface area contributed by atoms with Crippen LogP contribution in [0.1, 0.15) is 10.6 Å². The van der Waals surface area contributed by atoms with Crippen LogP contribution in [0.15, 0.2) is 29.3 Å². The van der Waals surface area contributed by atoms with Gasteiger partial charge < -0.3 is 16.5 Å². The van der Waals surface area contributed by atoms with Gasteiger partial charge in [0.2, 0.25) is 0 Å². The zero-order valence-corrected chi connectivity index (χ0v) is 7.77. The number of para-hydroxylation sites is 2. The second kappa shape index (κ2) is 3.41. The number of nitrogens with two attached hydrogens (primary N) is 2. The van der Waals surface area contributed by atoms with Crippen molar-refractivity contribution in [3.05, 3.63) is 30.1 Å². The lowest BCUT2D eigenvalue weighted by atomic mass is 10.3. The molecular weight excluding hydrogens is 194 g/mol. The van der Waals surface area contributed by atoms with Gasteiger partial charge in [-0.05, 0) is 12.1 Å². The Balaban J connectivity index is 2.45. The Morgan fingerprint density at radius 2 is 2.07 bits per heavy atom. The van der Waals surface area contributed by atoms with Crippen molar-refractivity contribution in [3.63, 3.8) is 0 Å². The number of aromatic amines is 1. The van der Waals surface area contributed by atoms with Crippen molar-refractivity contribution < 1.29 is 4.79 Å². The third-order valence-corrected chi connectivity index (χ3v) is 1.82. The fourth-order valence-corrected chi connectivity index (χ4v) is 1.22. The Morgan fingerprint density at radius 3 is 2.73 bits per heavy atom. The van der Waals surface area contributed by atoms with Gasteiger partial charge in [0.1, 0.15) is 0 Å². The number of nitrogens with zero attached hydrogens (tertiary/aromatic N) is 2. The summed E-state index contributed by atoms with van der Waals surface area (Å²) < 4.78 is 0. The molecule has 0 bridgehead atoms. The van der Waals surface area contributed by atoms with Gasteiger partial charge in [0.15, 0.2) is 11.8 Å². The SMILES string of the molecule is NC(N)=NC(=O)c1nc2ccccc2[nH]1. The molecule has 0 aliphatic heterocycles. The fraction of sp³-hybridized carbons (Fsp3) is 0. The second-order valence-corrected chi connectivity index (χ2v) is 2.94. The summed E-state index contributed by atoms with van der Waals surface area (Å²) in [7, 11) is 0. The molecule has 0 aliphatic rings. The number of hydrogen-bond acceptors (Lipinski definition) is 2. The number of nitrogens with one attached hydrogen (secondary N) is 1. The Bertz CT molecular complexity index is 505. The molecule has 15 heavy (non-hydrogen) atoms. The molecule has 0 aliphatic carbocycles. The molecule has 5 N–H and O–H groups in total. The highest BCUT2D eigenvalue weighted by molar-refractivity contribution is 6.01. The maximum Gasteiger partial charge on any atom is 0.315 e. The quantitative estimate of drug-likeness (QED) is 0.446. The highest BCUT2D eigenvalue weighted by atomic mass is 16.1. The molecule has 1 heterocycles. The molecule has 2 aromatic rings. The summed E-state index contributed by atoms with van der Waals surface area (Å²) in [6.45, 7) is 0. The number of rotatable bonds is 1. The number of aromatic nitrogens is 2. The molecule has 0 radical (unpaired) electrons. The van der Waals surface area contributed by atoms with Crippen molar-refractivity contribution in [3.8, 4) is 0 Å². The highest BCUT2D eigenvalue weighted by Crippen LogP contribution is 2.10. The number of imidazole rings is 1. The van der Waals surface area contributed by atoms with Crippen molar-refractivity contribution in [2.45, 2.75) is 0 Å². The first-order valence-corrected chi connectivity index (χ1v) is 4.25. The van der Waals surface area contributed by atoms with Crippen LogP contribution in [0.2, 0.25) is 0 Å². The molecule has 0 spiro atoms. The summed E-state index contributed by atoms with van der Waals surface area (Å²) in [6, 6.07) is 7.28. The van der Waals surface area contributed by atoms with Gasteiger partial charge in [-0.2, -0.15) is 4.99 Å². The number of amides is 1. The Labute approximate surface area is 85.0 Å². The van der Waals surface area contributed by atoms with Crippen LogP contribution in [-0.4, -0.2) is 21.8 Å². The molecule has 1 aromatic carbocycles. The zero-order chi connectivity index (χ0) is 10.8. The third-order valence-electron chi connectivity index (χ3n) is 1.82. The van der Waals surface area contributed by atoms with E-state index in [2.05, 4.69) is 15.0 Å². The largest absolute Gasteiger partial charge is 0.370 e. The van der Waals surface area contributed by atoms with Crippen LogP contribution < -0.4 is 11.5 Å². The topological polar surface area (TPSA) is 110 Å². The van der Waals surface area contributed by atoms with Crippen molar-refractivity contribution in [2.75, 3.05) is 0 Å². The molecule has 0 fully saturated rings. The van der Waals surface area contributed by atoms with Crippen LogP contribution in [-0.2, 0) is 0 Å². The maximum absolute atomic E-state index is 11.4. The van der Waals surface area contributed by atoms with Crippen molar-refractivity contribution in [1.29, 1.82) is 0 Å². The average molecular weight is 203 g/mol. The minimum Gasteiger partial charge on any atom is -0.370 e. The van der Waals surface area contributed by atoms with Crippen LogP contribution in [0, 0.1) is 0 Å². The number of carbonyl (C=O) groups is 1. The van der Waals surface area contributed by atoms with Gasteiger partial charge in [0.25, 0.3) is 0 Å². The van der Waals surface area contributed by atoms with E-state index in [1.54, 1.807) is 6.07 Å². The average Bonchev–Trinajstić information content (AvgIpc) is 2.59. The van der Waals surface area contributed by atoms with Gasteiger partial charge in [-0.1, -0.05) is 12.1 Å². The first-order chi connectivity index (χ1) is 7.16. The molecule has 1 aromatic heterocycles. The number of carbonyl (C=O) groups excluding carboxylic acids is 1. The number of guanidine groups is 1. The molecule has 0 atom stereocenters. The van der Waals surface area contributed by atoms with Crippen molar-refractivity contribution in [1.82, 2.24) is 9.97 Å². The molecule has 0 saturated heterocycles. The number of aliphatic imine (C=N–C) groups is 1. The Morgan fingerprint density at radius 1 is 1.33 bits per heavy atom. The number of H-pyrrole nitrogens is 1. The summed E-state index contributed by atoms with van der Waals surface area (Å²) in [6.07, 6.45) is 0. The van der Waals surface area contributed by atoms with E-state index in [1.165, 1.54) is 0 Å². The van der Waals surface area contributed by atoms with E-state index in [0.717, 1.165) is 5.52 Å². The number of hydrogen-bond donors (Lipinski definition) is 3. The van der Waals surface area contributed by atoms with Crippen LogP contribution in [0.3, 0.4) is 0 Å². The lowest BCUT2D eigenvalue weighted by Gasteiger charge is -1.88. The Hall–Kier alpha value is -2.37. The number of benzene rings is 1. The summed E-state index contributed by atoms with van der Waals surface area (Å²) in [5.74, 6) is -0.726. The fourth-order valence-electron chi connectivity index (χ4n) is 1.22. The highest BCUT2D eigenvalue weighted by Gasteiger charge is 2.09. The molecular formula is C9H9N5O. The predicted octanol–water partition coefficient (Wildman–Crippen LogP) is -0.0235.